The third kappa shape index (κ3) is 4.30. The van der Waals surface area contributed by atoms with Crippen molar-refractivity contribution in [2.45, 2.75) is 6.92 Å². The van der Waals surface area contributed by atoms with Gasteiger partial charge in [0.25, 0.3) is 0 Å². The number of carbonyl (C=O) groups is 2. The fourth-order valence-electron chi connectivity index (χ4n) is 3.74. The van der Waals surface area contributed by atoms with Crippen LogP contribution in [0.25, 0.3) is 16.7 Å². The van der Waals surface area contributed by atoms with E-state index in [4.69, 9.17) is 9.47 Å². The molecule has 158 valence electrons. The zero-order valence-electron chi connectivity index (χ0n) is 17.9. The van der Waals surface area contributed by atoms with Gasteiger partial charge in [-0.15, -0.1) is 0 Å². The maximum atomic E-state index is 12.4. The SMILES string of the molecule is COc1ccc(C(=O)/C=C\C=C/C(OC(C)=O)=C2c3ccccc3-c3ccccc32)cc1. The molecule has 0 saturated heterocycles. The molecule has 1 aliphatic carbocycles. The second-order valence-electron chi connectivity index (χ2n) is 7.24. The van der Waals surface area contributed by atoms with Crippen molar-refractivity contribution in [2.75, 3.05) is 7.11 Å². The van der Waals surface area contributed by atoms with E-state index in [-0.39, 0.29) is 5.78 Å². The van der Waals surface area contributed by atoms with Crippen molar-refractivity contribution in [3.8, 4) is 16.9 Å². The quantitative estimate of drug-likeness (QED) is 0.126. The smallest absolute Gasteiger partial charge is 0.308 e. The zero-order chi connectivity index (χ0) is 22.5. The largest absolute Gasteiger partial charge is 0.497 e. The summed E-state index contributed by atoms with van der Waals surface area (Å²) in [5.41, 5.74) is 5.63. The number of rotatable bonds is 6. The molecule has 1 aliphatic rings. The van der Waals surface area contributed by atoms with Gasteiger partial charge in [-0.2, -0.15) is 0 Å². The fourth-order valence-corrected chi connectivity index (χ4v) is 3.74. The Labute approximate surface area is 187 Å². The molecule has 0 atom stereocenters. The average molecular weight is 422 g/mol. The molecule has 0 bridgehead atoms. The normalized spacial score (nSPS) is 12.0. The molecule has 0 N–H and O–H groups in total. The highest BCUT2D eigenvalue weighted by Gasteiger charge is 2.26. The summed E-state index contributed by atoms with van der Waals surface area (Å²) in [6.07, 6.45) is 6.54. The Morgan fingerprint density at radius 3 is 1.78 bits per heavy atom. The number of carbonyl (C=O) groups excluding carboxylic acids is 2. The molecular weight excluding hydrogens is 400 g/mol. The Morgan fingerprint density at radius 2 is 1.25 bits per heavy atom. The number of esters is 1. The Hall–Kier alpha value is -4.18. The molecule has 0 unspecified atom stereocenters. The molecule has 0 fully saturated rings. The lowest BCUT2D eigenvalue weighted by atomic mass is 10.0. The molecule has 0 spiro atoms. The average Bonchev–Trinajstić information content (AvgIpc) is 3.15. The van der Waals surface area contributed by atoms with Crippen molar-refractivity contribution in [1.82, 2.24) is 0 Å². The van der Waals surface area contributed by atoms with Crippen molar-refractivity contribution in [3.63, 3.8) is 0 Å². The van der Waals surface area contributed by atoms with E-state index < -0.39 is 5.97 Å². The van der Waals surface area contributed by atoms with Crippen LogP contribution >= 0.6 is 0 Å². The van der Waals surface area contributed by atoms with Gasteiger partial charge in [0.1, 0.15) is 11.5 Å². The predicted molar refractivity (Wildman–Crippen MR) is 125 cm³/mol. The van der Waals surface area contributed by atoms with Crippen molar-refractivity contribution in [1.29, 1.82) is 0 Å². The van der Waals surface area contributed by atoms with Crippen LogP contribution in [-0.4, -0.2) is 18.9 Å². The molecule has 3 aromatic carbocycles. The van der Waals surface area contributed by atoms with Crippen molar-refractivity contribution in [2.24, 2.45) is 0 Å². The maximum absolute atomic E-state index is 12.4. The standard InChI is InChI=1S/C28H22O4/c1-19(29)32-27(14-8-7-13-26(30)20-15-17-21(31-2)18-16-20)28-24-11-5-3-9-22(24)23-10-4-6-12-25(23)28/h3-18H,1-2H3/b13-7-,14-8-. The van der Waals surface area contributed by atoms with Gasteiger partial charge in [0.05, 0.1) is 7.11 Å². The number of fused-ring (bicyclic) bond motifs is 3. The lowest BCUT2D eigenvalue weighted by molar-refractivity contribution is -0.136. The number of hydrogen-bond acceptors (Lipinski definition) is 4. The molecule has 0 heterocycles. The van der Waals surface area contributed by atoms with Gasteiger partial charge >= 0.3 is 5.97 Å². The van der Waals surface area contributed by atoms with Crippen LogP contribution in [0.15, 0.2) is 103 Å². The van der Waals surface area contributed by atoms with Crippen LogP contribution in [-0.2, 0) is 9.53 Å². The van der Waals surface area contributed by atoms with E-state index in [1.807, 2.05) is 36.4 Å². The summed E-state index contributed by atoms with van der Waals surface area (Å²) in [7, 11) is 1.58. The third-order valence-corrected chi connectivity index (χ3v) is 5.16. The minimum atomic E-state index is -0.405. The van der Waals surface area contributed by atoms with E-state index in [2.05, 4.69) is 12.1 Å². The first-order chi connectivity index (χ1) is 15.6. The van der Waals surface area contributed by atoms with Gasteiger partial charge in [0.15, 0.2) is 5.78 Å². The molecule has 4 heteroatoms. The first-order valence-corrected chi connectivity index (χ1v) is 10.2. The van der Waals surface area contributed by atoms with E-state index >= 15 is 0 Å². The van der Waals surface area contributed by atoms with E-state index in [0.29, 0.717) is 17.1 Å². The number of benzene rings is 3. The van der Waals surface area contributed by atoms with Crippen molar-refractivity contribution in [3.05, 3.63) is 120 Å². The summed E-state index contributed by atoms with van der Waals surface area (Å²) >= 11 is 0. The molecule has 4 rings (SSSR count). The number of allylic oxidation sites excluding steroid dienone is 4. The molecule has 0 aliphatic heterocycles. The van der Waals surface area contributed by atoms with Gasteiger partial charge in [-0.05, 0) is 58.7 Å². The summed E-state index contributed by atoms with van der Waals surface area (Å²) in [6, 6.07) is 23.0. The van der Waals surface area contributed by atoms with Gasteiger partial charge in [0.2, 0.25) is 0 Å². The van der Waals surface area contributed by atoms with E-state index in [0.717, 1.165) is 27.8 Å². The summed E-state index contributed by atoms with van der Waals surface area (Å²) in [5, 5.41) is 0. The van der Waals surface area contributed by atoms with Crippen LogP contribution < -0.4 is 4.74 Å². The molecule has 0 saturated carbocycles. The highest BCUT2D eigenvalue weighted by Crippen LogP contribution is 2.45. The zero-order valence-corrected chi connectivity index (χ0v) is 17.9. The first-order valence-electron chi connectivity index (χ1n) is 10.2. The summed E-state index contributed by atoms with van der Waals surface area (Å²) in [6.45, 7) is 1.38. The molecular formula is C28H22O4. The summed E-state index contributed by atoms with van der Waals surface area (Å²) in [4.78, 5) is 24.2. The molecule has 32 heavy (non-hydrogen) atoms. The lowest BCUT2D eigenvalue weighted by Crippen LogP contribution is -2.00. The highest BCUT2D eigenvalue weighted by atomic mass is 16.5. The number of hydrogen-bond donors (Lipinski definition) is 0. The van der Waals surface area contributed by atoms with Crippen LogP contribution in [0.2, 0.25) is 0 Å². The van der Waals surface area contributed by atoms with Crippen LogP contribution in [0, 0.1) is 0 Å². The van der Waals surface area contributed by atoms with Gasteiger partial charge in [0, 0.05) is 18.1 Å². The van der Waals surface area contributed by atoms with Crippen molar-refractivity contribution < 1.29 is 19.1 Å². The minimum absolute atomic E-state index is 0.129. The van der Waals surface area contributed by atoms with Crippen LogP contribution in [0.1, 0.15) is 28.4 Å². The third-order valence-electron chi connectivity index (χ3n) is 5.16. The molecule has 4 nitrogen and oxygen atoms in total. The van der Waals surface area contributed by atoms with Gasteiger partial charge in [-0.3, -0.25) is 9.59 Å². The molecule has 3 aromatic rings. The van der Waals surface area contributed by atoms with Gasteiger partial charge < -0.3 is 9.47 Å². The van der Waals surface area contributed by atoms with Gasteiger partial charge in [-0.1, -0.05) is 60.7 Å². The Balaban J connectivity index is 1.67. The minimum Gasteiger partial charge on any atom is -0.497 e. The summed E-state index contributed by atoms with van der Waals surface area (Å²) < 4.78 is 10.7. The monoisotopic (exact) mass is 422 g/mol. The van der Waals surface area contributed by atoms with E-state index in [1.165, 1.54) is 13.0 Å². The van der Waals surface area contributed by atoms with Crippen LogP contribution in [0.4, 0.5) is 0 Å². The Bertz CT molecular complexity index is 1210. The molecule has 0 amide bonds. The molecule has 0 radical (unpaired) electrons. The maximum Gasteiger partial charge on any atom is 0.308 e. The van der Waals surface area contributed by atoms with Gasteiger partial charge in [-0.25, -0.2) is 0 Å². The predicted octanol–water partition coefficient (Wildman–Crippen LogP) is 5.99. The second-order valence-corrected chi connectivity index (χ2v) is 7.24. The van der Waals surface area contributed by atoms with Crippen LogP contribution in [0.3, 0.4) is 0 Å². The fraction of sp³-hybridized carbons (Fsp3) is 0.0714. The Morgan fingerprint density at radius 1 is 0.719 bits per heavy atom. The first kappa shape index (κ1) is 21.1. The molecule has 0 aromatic heterocycles. The number of methoxy groups -OCH3 is 1. The number of ketones is 1. The van der Waals surface area contributed by atoms with Crippen molar-refractivity contribution >= 4 is 17.3 Å². The second kappa shape index (κ2) is 9.31. The van der Waals surface area contributed by atoms with E-state index in [9.17, 15) is 9.59 Å². The van der Waals surface area contributed by atoms with E-state index in [1.54, 1.807) is 49.6 Å². The number of ether oxygens (including phenoxy) is 2. The Kier molecular flexibility index (Phi) is 6.13. The summed E-state index contributed by atoms with van der Waals surface area (Å²) in [5.74, 6) is 0.601. The topological polar surface area (TPSA) is 52.6 Å². The lowest BCUT2D eigenvalue weighted by Gasteiger charge is -2.09. The highest BCUT2D eigenvalue weighted by molar-refractivity contribution is 6.05. The van der Waals surface area contributed by atoms with Crippen LogP contribution in [0.5, 0.6) is 5.75 Å².